The lowest BCUT2D eigenvalue weighted by Gasteiger charge is -2.02. The molecule has 0 aliphatic carbocycles. The molecule has 0 saturated carbocycles. The number of nitrogens with one attached hydrogen (secondary N) is 1. The van der Waals surface area contributed by atoms with Crippen LogP contribution in [0.5, 0.6) is 0 Å². The molecule has 2 aromatic rings. The molecule has 0 aromatic carbocycles. The van der Waals surface area contributed by atoms with Gasteiger partial charge in [0, 0.05) is 19.4 Å². The fraction of sp³-hybridized carbons (Fsp3) is 0.200. The first-order chi connectivity index (χ1) is 7.66. The summed E-state index contributed by atoms with van der Waals surface area (Å²) in [5.41, 5.74) is 0.489. The third kappa shape index (κ3) is 2.05. The normalized spacial score (nSPS) is 10.1. The van der Waals surface area contributed by atoms with Gasteiger partial charge in [-0.3, -0.25) is 15.1 Å². The molecule has 2 aromatic heterocycles. The average molecular weight is 217 g/mol. The maximum atomic E-state index is 11.7. The number of aryl methyl sites for hydroxylation is 2. The highest BCUT2D eigenvalue weighted by molar-refractivity contribution is 6.03. The van der Waals surface area contributed by atoms with Crippen molar-refractivity contribution in [2.75, 3.05) is 5.32 Å². The van der Waals surface area contributed by atoms with E-state index in [-0.39, 0.29) is 5.91 Å². The van der Waals surface area contributed by atoms with Crippen LogP contribution in [0.2, 0.25) is 0 Å². The largest absolute Gasteiger partial charge is 0.291 e. The molecule has 0 unspecified atom stereocenters. The summed E-state index contributed by atoms with van der Waals surface area (Å²) in [7, 11) is 1.72. The Morgan fingerprint density at radius 2 is 2.31 bits per heavy atom. The van der Waals surface area contributed by atoms with Gasteiger partial charge in [-0.2, -0.15) is 10.1 Å². The zero-order valence-corrected chi connectivity index (χ0v) is 9.01. The van der Waals surface area contributed by atoms with E-state index in [4.69, 9.17) is 0 Å². The first-order valence-electron chi connectivity index (χ1n) is 4.76. The smallest absolute Gasteiger partial charge is 0.259 e. The summed E-state index contributed by atoms with van der Waals surface area (Å²) in [6.07, 6.45) is 3.11. The minimum Gasteiger partial charge on any atom is -0.291 e. The molecule has 0 bridgehead atoms. The Hall–Kier alpha value is -2.24. The molecule has 0 saturated heterocycles. The Labute approximate surface area is 92.3 Å². The van der Waals surface area contributed by atoms with Crippen LogP contribution in [0.1, 0.15) is 16.2 Å². The molecular formula is C10H11N5O. The predicted octanol–water partition coefficient (Wildman–Crippen LogP) is 0.771. The number of nitrogens with zero attached hydrogens (tertiary/aromatic N) is 4. The SMILES string of the molecule is Cc1nc(NC(=O)c2cccnc2)n(C)n1. The van der Waals surface area contributed by atoms with Crippen LogP contribution in [0.3, 0.4) is 0 Å². The van der Waals surface area contributed by atoms with Crippen molar-refractivity contribution in [1.29, 1.82) is 0 Å². The number of pyridine rings is 1. The zero-order chi connectivity index (χ0) is 11.5. The van der Waals surface area contributed by atoms with Gasteiger partial charge < -0.3 is 0 Å². The van der Waals surface area contributed by atoms with Crippen molar-refractivity contribution in [1.82, 2.24) is 19.7 Å². The molecule has 6 heteroatoms. The summed E-state index contributed by atoms with van der Waals surface area (Å²) >= 11 is 0. The molecule has 0 aliphatic heterocycles. The van der Waals surface area contributed by atoms with Gasteiger partial charge in [0.2, 0.25) is 5.95 Å². The minimum atomic E-state index is -0.247. The van der Waals surface area contributed by atoms with Crippen molar-refractivity contribution < 1.29 is 4.79 Å². The van der Waals surface area contributed by atoms with E-state index in [2.05, 4.69) is 20.4 Å². The number of amides is 1. The van der Waals surface area contributed by atoms with Crippen molar-refractivity contribution in [3.63, 3.8) is 0 Å². The summed E-state index contributed by atoms with van der Waals surface area (Å²) in [6.45, 7) is 1.76. The van der Waals surface area contributed by atoms with E-state index in [1.165, 1.54) is 10.9 Å². The highest BCUT2D eigenvalue weighted by atomic mass is 16.1. The second-order valence-corrected chi connectivity index (χ2v) is 3.30. The summed E-state index contributed by atoms with van der Waals surface area (Å²) in [6, 6.07) is 3.39. The van der Waals surface area contributed by atoms with E-state index in [0.29, 0.717) is 17.3 Å². The Bertz CT molecular complexity index is 505. The predicted molar refractivity (Wildman–Crippen MR) is 57.9 cm³/mol. The standard InChI is InChI=1S/C10H11N5O/c1-7-12-10(15(2)14-7)13-9(16)8-4-3-5-11-6-8/h3-6H,1-2H3,(H,12,13,14,16). The van der Waals surface area contributed by atoms with Crippen molar-refractivity contribution in [3.05, 3.63) is 35.9 Å². The van der Waals surface area contributed by atoms with Crippen molar-refractivity contribution in [3.8, 4) is 0 Å². The summed E-state index contributed by atoms with van der Waals surface area (Å²) < 4.78 is 1.52. The number of anilines is 1. The molecule has 82 valence electrons. The van der Waals surface area contributed by atoms with E-state index >= 15 is 0 Å². The van der Waals surface area contributed by atoms with Gasteiger partial charge in [-0.15, -0.1) is 0 Å². The van der Waals surface area contributed by atoms with Crippen LogP contribution in [0.25, 0.3) is 0 Å². The lowest BCUT2D eigenvalue weighted by Crippen LogP contribution is -2.15. The fourth-order valence-corrected chi connectivity index (χ4v) is 1.29. The highest BCUT2D eigenvalue weighted by Gasteiger charge is 2.10. The number of aromatic nitrogens is 4. The molecule has 0 atom stereocenters. The molecule has 0 aliphatic rings. The van der Waals surface area contributed by atoms with Gasteiger partial charge in [0.15, 0.2) is 0 Å². The van der Waals surface area contributed by atoms with Crippen LogP contribution < -0.4 is 5.32 Å². The third-order valence-corrected chi connectivity index (χ3v) is 2.02. The van der Waals surface area contributed by atoms with Crippen LogP contribution in [-0.2, 0) is 7.05 Å². The molecule has 1 amide bonds. The van der Waals surface area contributed by atoms with E-state index < -0.39 is 0 Å². The minimum absolute atomic E-state index is 0.247. The van der Waals surface area contributed by atoms with Crippen LogP contribution in [0.4, 0.5) is 5.95 Å². The second-order valence-electron chi connectivity index (χ2n) is 3.30. The summed E-state index contributed by atoms with van der Waals surface area (Å²) in [5.74, 6) is 0.791. The van der Waals surface area contributed by atoms with E-state index in [1.807, 2.05) is 0 Å². The topological polar surface area (TPSA) is 72.7 Å². The number of rotatable bonds is 2. The molecule has 0 spiro atoms. The lowest BCUT2D eigenvalue weighted by molar-refractivity contribution is 0.102. The molecule has 0 fully saturated rings. The Balaban J connectivity index is 2.17. The van der Waals surface area contributed by atoms with E-state index in [0.717, 1.165) is 0 Å². The Kier molecular flexibility index (Phi) is 2.63. The van der Waals surface area contributed by atoms with Gasteiger partial charge in [-0.05, 0) is 19.1 Å². The van der Waals surface area contributed by atoms with Gasteiger partial charge in [0.05, 0.1) is 5.56 Å². The third-order valence-electron chi connectivity index (χ3n) is 2.02. The molecular weight excluding hydrogens is 206 g/mol. The first-order valence-corrected chi connectivity index (χ1v) is 4.76. The Morgan fingerprint density at radius 3 is 2.88 bits per heavy atom. The maximum Gasteiger partial charge on any atom is 0.259 e. The van der Waals surface area contributed by atoms with Gasteiger partial charge in [0.1, 0.15) is 5.82 Å². The van der Waals surface area contributed by atoms with E-state index in [1.54, 1.807) is 32.3 Å². The monoisotopic (exact) mass is 217 g/mol. The van der Waals surface area contributed by atoms with Gasteiger partial charge in [0.25, 0.3) is 5.91 Å². The average Bonchev–Trinajstić information content (AvgIpc) is 2.59. The van der Waals surface area contributed by atoms with Crippen LogP contribution >= 0.6 is 0 Å². The Morgan fingerprint density at radius 1 is 1.50 bits per heavy atom. The van der Waals surface area contributed by atoms with Gasteiger partial charge in [-0.1, -0.05) is 0 Å². The molecule has 1 N–H and O–H groups in total. The number of carbonyl (C=O) groups is 1. The maximum absolute atomic E-state index is 11.7. The van der Waals surface area contributed by atoms with Crippen molar-refractivity contribution in [2.24, 2.45) is 7.05 Å². The number of carbonyl (C=O) groups excluding carboxylic acids is 1. The zero-order valence-electron chi connectivity index (χ0n) is 9.01. The summed E-state index contributed by atoms with van der Waals surface area (Å²) in [4.78, 5) is 19.7. The van der Waals surface area contributed by atoms with Crippen LogP contribution in [0, 0.1) is 6.92 Å². The molecule has 2 heterocycles. The molecule has 2 rings (SSSR count). The van der Waals surface area contributed by atoms with Crippen LogP contribution in [-0.4, -0.2) is 25.7 Å². The quantitative estimate of drug-likeness (QED) is 0.806. The number of hydrogen-bond donors (Lipinski definition) is 1. The van der Waals surface area contributed by atoms with Crippen molar-refractivity contribution in [2.45, 2.75) is 6.92 Å². The molecule has 0 radical (unpaired) electrons. The van der Waals surface area contributed by atoms with Crippen LogP contribution in [0.15, 0.2) is 24.5 Å². The first kappa shape index (κ1) is 10.3. The van der Waals surface area contributed by atoms with Gasteiger partial charge in [-0.25, -0.2) is 4.68 Å². The lowest BCUT2D eigenvalue weighted by atomic mass is 10.3. The molecule has 16 heavy (non-hydrogen) atoms. The molecule has 6 nitrogen and oxygen atoms in total. The number of hydrogen-bond acceptors (Lipinski definition) is 4. The fourth-order valence-electron chi connectivity index (χ4n) is 1.29. The van der Waals surface area contributed by atoms with Gasteiger partial charge >= 0.3 is 0 Å². The second kappa shape index (κ2) is 4.09. The highest BCUT2D eigenvalue weighted by Crippen LogP contribution is 2.05. The van der Waals surface area contributed by atoms with Crippen molar-refractivity contribution >= 4 is 11.9 Å². The summed E-state index contributed by atoms with van der Waals surface area (Å²) in [5, 5.41) is 6.69. The van der Waals surface area contributed by atoms with E-state index in [9.17, 15) is 4.79 Å².